The molecule has 3 atom stereocenters. The summed E-state index contributed by atoms with van der Waals surface area (Å²) in [5, 5.41) is 22.4. The van der Waals surface area contributed by atoms with Crippen molar-refractivity contribution in [3.8, 4) is 11.9 Å². The third-order valence-electron chi connectivity index (χ3n) is 5.79. The number of halogens is 3. The molecule has 1 aromatic heterocycles. The van der Waals surface area contributed by atoms with Crippen molar-refractivity contribution in [1.82, 2.24) is 9.88 Å². The molecule has 7 nitrogen and oxygen atoms in total. The number of nitriles is 1. The van der Waals surface area contributed by atoms with E-state index in [1.54, 1.807) is 0 Å². The van der Waals surface area contributed by atoms with E-state index in [9.17, 15) is 9.90 Å². The van der Waals surface area contributed by atoms with E-state index in [0.717, 1.165) is 9.99 Å². The minimum Gasteiger partial charge on any atom is -0.477 e. The molecule has 10 heteroatoms. The van der Waals surface area contributed by atoms with E-state index < -0.39 is 11.9 Å². The van der Waals surface area contributed by atoms with Gasteiger partial charge in [-0.1, -0.05) is 0 Å². The Morgan fingerprint density at radius 1 is 1.60 bits per heavy atom. The minimum absolute atomic E-state index is 0.0380. The highest BCUT2D eigenvalue weighted by atomic mass is 127. The summed E-state index contributed by atoms with van der Waals surface area (Å²) in [6.07, 6.45) is 0.600. The third kappa shape index (κ3) is 3.45. The van der Waals surface area contributed by atoms with Gasteiger partial charge in [0.1, 0.15) is 5.52 Å². The van der Waals surface area contributed by atoms with Crippen LogP contribution in [0, 0.1) is 26.6 Å². The summed E-state index contributed by atoms with van der Waals surface area (Å²) >= 11 is 5.44. The maximum atomic E-state index is 15.2. The fourth-order valence-corrected chi connectivity index (χ4v) is 5.53. The maximum Gasteiger partial charge on any atom is 0.407 e. The van der Waals surface area contributed by atoms with Gasteiger partial charge in [-0.25, -0.2) is 14.2 Å². The van der Waals surface area contributed by atoms with Crippen LogP contribution in [0.5, 0.6) is 5.88 Å². The lowest BCUT2D eigenvalue weighted by molar-refractivity contribution is 0.140. The van der Waals surface area contributed by atoms with Gasteiger partial charge >= 0.3 is 6.09 Å². The van der Waals surface area contributed by atoms with E-state index in [-0.39, 0.29) is 29.9 Å². The highest BCUT2D eigenvalue weighted by Crippen LogP contribution is 2.45. The van der Waals surface area contributed by atoms with Crippen LogP contribution in [-0.2, 0) is 6.42 Å². The molecule has 2 N–H and O–H groups in total. The molecule has 3 fully saturated rings. The summed E-state index contributed by atoms with van der Waals surface area (Å²) in [4.78, 5) is 17.3. The molecule has 2 aromatic rings. The Morgan fingerprint density at radius 3 is 3.00 bits per heavy atom. The van der Waals surface area contributed by atoms with Crippen LogP contribution in [0.2, 0.25) is 0 Å². The second-order valence-corrected chi connectivity index (χ2v) is 9.30. The lowest BCUT2D eigenvalue weighted by Gasteiger charge is -2.37. The van der Waals surface area contributed by atoms with E-state index >= 15 is 4.39 Å². The predicted molar refractivity (Wildman–Crippen MR) is 121 cm³/mol. The highest BCUT2D eigenvalue weighted by molar-refractivity contribution is 14.1. The van der Waals surface area contributed by atoms with Gasteiger partial charge in [0.2, 0.25) is 5.88 Å². The van der Waals surface area contributed by atoms with Crippen molar-refractivity contribution >= 4 is 61.2 Å². The highest BCUT2D eigenvalue weighted by Gasteiger charge is 2.54. The first kappa shape index (κ1) is 21.4. The molecule has 1 aliphatic carbocycles. The molecule has 5 rings (SSSR count). The summed E-state index contributed by atoms with van der Waals surface area (Å²) in [6.45, 7) is 2.73. The SMILES string of the molecule is CCOc1nc2c(F)c(Br)c(CCC#N)cc2c(N[C@H]2[C@@H]3C[C@H]2N(C(=O)O)C3)c1I. The number of hydrogen-bond acceptors (Lipinski definition) is 5. The van der Waals surface area contributed by atoms with Crippen LogP contribution in [0.15, 0.2) is 10.5 Å². The van der Waals surface area contributed by atoms with E-state index in [1.165, 1.54) is 4.90 Å². The molecule has 3 aliphatic rings. The number of ether oxygens (including phenoxy) is 1. The second kappa shape index (κ2) is 8.34. The monoisotopic (exact) mass is 588 g/mol. The molecule has 30 heavy (non-hydrogen) atoms. The number of pyridine rings is 1. The summed E-state index contributed by atoms with van der Waals surface area (Å²) in [6, 6.07) is 3.81. The Bertz CT molecular complexity index is 1080. The van der Waals surface area contributed by atoms with Gasteiger partial charge in [0, 0.05) is 24.3 Å². The third-order valence-corrected chi connectivity index (χ3v) is 7.65. The number of amides is 1. The molecule has 1 amide bonds. The van der Waals surface area contributed by atoms with Crippen LogP contribution >= 0.6 is 38.5 Å². The van der Waals surface area contributed by atoms with Gasteiger partial charge in [0.05, 0.1) is 38.5 Å². The fourth-order valence-electron chi connectivity index (χ4n) is 4.31. The molecule has 2 aliphatic heterocycles. The Kier molecular flexibility index (Phi) is 5.94. The first-order valence-electron chi connectivity index (χ1n) is 9.63. The zero-order valence-corrected chi connectivity index (χ0v) is 19.8. The van der Waals surface area contributed by atoms with Crippen LogP contribution in [0.1, 0.15) is 25.3 Å². The summed E-state index contributed by atoms with van der Waals surface area (Å²) in [5.74, 6) is 0.0639. The molecule has 0 radical (unpaired) electrons. The molecule has 0 spiro atoms. The second-order valence-electron chi connectivity index (χ2n) is 7.43. The van der Waals surface area contributed by atoms with Gasteiger partial charge in [0.15, 0.2) is 5.82 Å². The zero-order chi connectivity index (χ0) is 21.6. The number of benzene rings is 1. The van der Waals surface area contributed by atoms with Crippen molar-refractivity contribution in [2.75, 3.05) is 18.5 Å². The lowest BCUT2D eigenvalue weighted by Crippen LogP contribution is -2.49. The predicted octanol–water partition coefficient (Wildman–Crippen LogP) is 4.76. The van der Waals surface area contributed by atoms with Crippen molar-refractivity contribution < 1.29 is 19.0 Å². The average Bonchev–Trinajstić information content (AvgIpc) is 3.31. The molecule has 1 aromatic carbocycles. The molecule has 158 valence electrons. The van der Waals surface area contributed by atoms with E-state index in [4.69, 9.17) is 10.00 Å². The van der Waals surface area contributed by atoms with Crippen LogP contribution in [0.3, 0.4) is 0 Å². The number of anilines is 1. The van der Waals surface area contributed by atoms with Gasteiger partial charge in [-0.05, 0) is 69.9 Å². The van der Waals surface area contributed by atoms with Crippen LogP contribution in [0.4, 0.5) is 14.9 Å². The number of nitrogens with one attached hydrogen (secondary N) is 1. The van der Waals surface area contributed by atoms with E-state index in [1.807, 2.05) is 13.0 Å². The van der Waals surface area contributed by atoms with Gasteiger partial charge in [0.25, 0.3) is 0 Å². The number of rotatable bonds is 6. The Balaban J connectivity index is 1.82. The number of carbonyl (C=O) groups is 1. The molecule has 3 heterocycles. The lowest BCUT2D eigenvalue weighted by atomic mass is 9.80. The molecular weight excluding hydrogens is 570 g/mol. The molecular formula is C20H19BrFIN4O3. The zero-order valence-electron chi connectivity index (χ0n) is 16.1. The van der Waals surface area contributed by atoms with Crippen molar-refractivity contribution in [2.24, 2.45) is 5.92 Å². The number of hydrogen-bond donors (Lipinski definition) is 2. The van der Waals surface area contributed by atoms with Crippen LogP contribution in [0.25, 0.3) is 10.9 Å². The van der Waals surface area contributed by atoms with Crippen LogP contribution in [-0.4, -0.2) is 46.3 Å². The minimum atomic E-state index is -0.912. The van der Waals surface area contributed by atoms with Crippen molar-refractivity contribution in [2.45, 2.75) is 38.3 Å². The first-order chi connectivity index (χ1) is 14.4. The van der Waals surface area contributed by atoms with Gasteiger partial charge < -0.3 is 20.1 Å². The quantitative estimate of drug-likeness (QED) is 0.472. The average molecular weight is 589 g/mol. The summed E-state index contributed by atoms with van der Waals surface area (Å²) < 4.78 is 21.9. The largest absolute Gasteiger partial charge is 0.477 e. The maximum absolute atomic E-state index is 15.2. The standard InChI is InChI=1S/C20H19BrFIN4O3/c1-2-30-19-15(23)18(25-16-10-7-12(16)27(8-10)20(28)29)11-6-9(4-3-5-24)13(21)14(22)17(11)26-19/h6,10,12,16H,2-4,7-8H2,1H3,(H,25,26)(H,28,29)/t10-,12-,16+/m1/s1. The van der Waals surface area contributed by atoms with Crippen molar-refractivity contribution in [3.63, 3.8) is 0 Å². The molecule has 2 saturated heterocycles. The Morgan fingerprint density at radius 2 is 2.37 bits per heavy atom. The van der Waals surface area contributed by atoms with E-state index in [0.29, 0.717) is 46.6 Å². The first-order valence-corrected chi connectivity index (χ1v) is 11.5. The summed E-state index contributed by atoms with van der Waals surface area (Å²) in [5.41, 5.74) is 1.56. The van der Waals surface area contributed by atoms with Crippen molar-refractivity contribution in [1.29, 1.82) is 5.26 Å². The Hall–Kier alpha value is -1.87. The fraction of sp³-hybridized carbons (Fsp3) is 0.450. The topological polar surface area (TPSA) is 98.5 Å². The molecule has 2 bridgehead atoms. The van der Waals surface area contributed by atoms with Gasteiger partial charge in [-0.3, -0.25) is 0 Å². The van der Waals surface area contributed by atoms with Crippen molar-refractivity contribution in [3.05, 3.63) is 25.5 Å². The molecule has 1 saturated carbocycles. The normalized spacial score (nSPS) is 22.0. The van der Waals surface area contributed by atoms with Crippen LogP contribution < -0.4 is 10.1 Å². The number of fused-ring (bicyclic) bond motifs is 2. The Labute approximate surface area is 194 Å². The van der Waals surface area contributed by atoms with Gasteiger partial charge in [-0.2, -0.15) is 5.26 Å². The summed E-state index contributed by atoms with van der Waals surface area (Å²) in [7, 11) is 0. The van der Waals surface area contributed by atoms with Gasteiger partial charge in [-0.15, -0.1) is 0 Å². The number of carboxylic acid groups (broad SMARTS) is 1. The number of nitrogens with zero attached hydrogens (tertiary/aromatic N) is 3. The number of aromatic nitrogens is 1. The number of aryl methyl sites for hydroxylation is 1. The smallest absolute Gasteiger partial charge is 0.407 e. The molecule has 0 unspecified atom stereocenters. The van der Waals surface area contributed by atoms with E-state index in [2.05, 4.69) is 54.9 Å².